The second-order valence-electron chi connectivity index (χ2n) is 6.49. The van der Waals surface area contributed by atoms with E-state index in [0.717, 1.165) is 25.1 Å². The minimum atomic E-state index is -0.172. The van der Waals surface area contributed by atoms with Gasteiger partial charge in [0.1, 0.15) is 5.82 Å². The number of benzene rings is 2. The second kappa shape index (κ2) is 8.68. The molecule has 0 fully saturated rings. The van der Waals surface area contributed by atoms with Gasteiger partial charge in [0.2, 0.25) is 0 Å². The molecule has 3 heteroatoms. The molecule has 0 aliphatic heterocycles. The highest BCUT2D eigenvalue weighted by Gasteiger charge is 2.09. The molecule has 2 nitrogen and oxygen atoms in total. The zero-order valence-corrected chi connectivity index (χ0v) is 14.3. The lowest BCUT2D eigenvalue weighted by Gasteiger charge is -2.21. The lowest BCUT2D eigenvalue weighted by atomic mass is 10.1. The molecule has 0 aromatic heterocycles. The third-order valence-electron chi connectivity index (χ3n) is 3.91. The first kappa shape index (κ1) is 17.5. The molecule has 0 aliphatic carbocycles. The summed E-state index contributed by atoms with van der Waals surface area (Å²) in [6.07, 6.45) is 1.15. The number of halogens is 1. The minimum Gasteiger partial charge on any atom is -0.368 e. The van der Waals surface area contributed by atoms with Gasteiger partial charge >= 0.3 is 0 Å². The van der Waals surface area contributed by atoms with Gasteiger partial charge in [-0.3, -0.25) is 0 Å². The van der Waals surface area contributed by atoms with E-state index in [0.29, 0.717) is 18.2 Å². The number of hydrogen-bond donors (Lipinski definition) is 1. The highest BCUT2D eigenvalue weighted by Crippen LogP contribution is 2.21. The van der Waals surface area contributed by atoms with Crippen molar-refractivity contribution < 1.29 is 4.39 Å². The summed E-state index contributed by atoms with van der Waals surface area (Å²) in [5.74, 6) is 0.526. The van der Waals surface area contributed by atoms with Crippen LogP contribution in [0.2, 0.25) is 0 Å². The van der Waals surface area contributed by atoms with E-state index in [-0.39, 0.29) is 5.82 Å². The first-order chi connectivity index (χ1) is 11.1. The van der Waals surface area contributed by atoms with Crippen LogP contribution < -0.4 is 10.2 Å². The van der Waals surface area contributed by atoms with Gasteiger partial charge in [0.05, 0.1) is 5.69 Å². The Morgan fingerprint density at radius 2 is 1.78 bits per heavy atom. The SMILES string of the molecule is CC(C)CCNCc1ccc(F)c(N(C)Cc2ccccc2)c1. The second-order valence-corrected chi connectivity index (χ2v) is 6.49. The summed E-state index contributed by atoms with van der Waals surface area (Å²) in [6.45, 7) is 6.90. The van der Waals surface area contributed by atoms with Crippen LogP contribution in [0.25, 0.3) is 0 Å². The van der Waals surface area contributed by atoms with Crippen LogP contribution in [0.1, 0.15) is 31.4 Å². The normalized spacial score (nSPS) is 11.0. The summed E-state index contributed by atoms with van der Waals surface area (Å²) in [5, 5.41) is 3.43. The molecule has 0 saturated carbocycles. The first-order valence-corrected chi connectivity index (χ1v) is 8.30. The molecule has 0 atom stereocenters. The van der Waals surface area contributed by atoms with Gasteiger partial charge in [0.25, 0.3) is 0 Å². The van der Waals surface area contributed by atoms with Gasteiger partial charge in [-0.25, -0.2) is 4.39 Å². The molecular formula is C20H27FN2. The van der Waals surface area contributed by atoms with Crippen LogP contribution in [-0.2, 0) is 13.1 Å². The van der Waals surface area contributed by atoms with E-state index < -0.39 is 0 Å². The summed E-state index contributed by atoms with van der Waals surface area (Å²) < 4.78 is 14.2. The Hall–Kier alpha value is -1.87. The van der Waals surface area contributed by atoms with Crippen molar-refractivity contribution in [1.29, 1.82) is 0 Å². The molecule has 2 rings (SSSR count). The lowest BCUT2D eigenvalue weighted by Crippen LogP contribution is -2.19. The fourth-order valence-corrected chi connectivity index (χ4v) is 2.53. The first-order valence-electron chi connectivity index (χ1n) is 8.30. The Balaban J connectivity index is 1.99. The number of nitrogens with one attached hydrogen (secondary N) is 1. The monoisotopic (exact) mass is 314 g/mol. The standard InChI is InChI=1S/C20H27FN2/c1-16(2)11-12-22-14-18-9-10-19(21)20(13-18)23(3)15-17-7-5-4-6-8-17/h4-10,13,16,22H,11-12,14-15H2,1-3H3. The molecule has 0 unspecified atom stereocenters. The summed E-state index contributed by atoms with van der Waals surface area (Å²) in [4.78, 5) is 1.96. The Morgan fingerprint density at radius 3 is 2.48 bits per heavy atom. The van der Waals surface area contributed by atoms with Crippen molar-refractivity contribution in [3.63, 3.8) is 0 Å². The minimum absolute atomic E-state index is 0.172. The molecule has 0 radical (unpaired) electrons. The van der Waals surface area contributed by atoms with Crippen molar-refractivity contribution in [3.8, 4) is 0 Å². The largest absolute Gasteiger partial charge is 0.368 e. The van der Waals surface area contributed by atoms with E-state index in [1.54, 1.807) is 6.07 Å². The Bertz CT molecular complexity index is 596. The zero-order chi connectivity index (χ0) is 16.7. The van der Waals surface area contributed by atoms with Crippen molar-refractivity contribution in [1.82, 2.24) is 5.32 Å². The molecule has 0 spiro atoms. The molecule has 0 aliphatic rings. The average Bonchev–Trinajstić information content (AvgIpc) is 2.53. The molecule has 2 aromatic carbocycles. The Morgan fingerprint density at radius 1 is 1.04 bits per heavy atom. The van der Waals surface area contributed by atoms with Gasteiger partial charge in [-0.2, -0.15) is 0 Å². The van der Waals surface area contributed by atoms with Gasteiger partial charge in [0, 0.05) is 20.1 Å². The van der Waals surface area contributed by atoms with Gasteiger partial charge in [0.15, 0.2) is 0 Å². The smallest absolute Gasteiger partial charge is 0.146 e. The summed E-state index contributed by atoms with van der Waals surface area (Å²) >= 11 is 0. The van der Waals surface area contributed by atoms with Crippen molar-refractivity contribution in [2.75, 3.05) is 18.5 Å². The van der Waals surface area contributed by atoms with Crippen LogP contribution in [0.4, 0.5) is 10.1 Å². The fraction of sp³-hybridized carbons (Fsp3) is 0.400. The highest BCUT2D eigenvalue weighted by molar-refractivity contribution is 5.50. The van der Waals surface area contributed by atoms with Crippen LogP contribution in [0.3, 0.4) is 0 Å². The molecule has 0 saturated heterocycles. The topological polar surface area (TPSA) is 15.3 Å². The molecule has 1 N–H and O–H groups in total. The summed E-state index contributed by atoms with van der Waals surface area (Å²) in [7, 11) is 1.93. The van der Waals surface area contributed by atoms with E-state index in [2.05, 4.69) is 31.3 Å². The van der Waals surface area contributed by atoms with Crippen LogP contribution in [-0.4, -0.2) is 13.6 Å². The van der Waals surface area contributed by atoms with Gasteiger partial charge in [-0.1, -0.05) is 50.2 Å². The third-order valence-corrected chi connectivity index (χ3v) is 3.91. The van der Waals surface area contributed by atoms with Crippen LogP contribution in [0.15, 0.2) is 48.5 Å². The van der Waals surface area contributed by atoms with E-state index in [1.165, 1.54) is 5.56 Å². The molecule has 124 valence electrons. The lowest BCUT2D eigenvalue weighted by molar-refractivity contribution is 0.537. The molecule has 0 amide bonds. The number of rotatable bonds is 8. The van der Waals surface area contributed by atoms with Gasteiger partial charge < -0.3 is 10.2 Å². The van der Waals surface area contributed by atoms with E-state index in [1.807, 2.05) is 42.3 Å². The van der Waals surface area contributed by atoms with Gasteiger partial charge in [-0.05, 0) is 42.1 Å². The maximum atomic E-state index is 14.2. The Kier molecular flexibility index (Phi) is 6.60. The van der Waals surface area contributed by atoms with Crippen molar-refractivity contribution >= 4 is 5.69 Å². The van der Waals surface area contributed by atoms with E-state index >= 15 is 0 Å². The van der Waals surface area contributed by atoms with Crippen molar-refractivity contribution in [2.24, 2.45) is 5.92 Å². The number of hydrogen-bond acceptors (Lipinski definition) is 2. The predicted octanol–water partition coefficient (Wildman–Crippen LogP) is 4.60. The van der Waals surface area contributed by atoms with Crippen LogP contribution in [0, 0.1) is 11.7 Å². The maximum Gasteiger partial charge on any atom is 0.146 e. The highest BCUT2D eigenvalue weighted by atomic mass is 19.1. The molecular weight excluding hydrogens is 287 g/mol. The summed E-state index contributed by atoms with van der Waals surface area (Å²) in [6, 6.07) is 15.5. The van der Waals surface area contributed by atoms with Crippen molar-refractivity contribution in [2.45, 2.75) is 33.4 Å². The average molecular weight is 314 g/mol. The number of anilines is 1. The van der Waals surface area contributed by atoms with Crippen LogP contribution >= 0.6 is 0 Å². The molecule has 23 heavy (non-hydrogen) atoms. The molecule has 0 heterocycles. The van der Waals surface area contributed by atoms with Crippen molar-refractivity contribution in [3.05, 3.63) is 65.5 Å². The summed E-state index contributed by atoms with van der Waals surface area (Å²) in [5.41, 5.74) is 2.94. The third kappa shape index (κ3) is 5.68. The van der Waals surface area contributed by atoms with E-state index in [4.69, 9.17) is 0 Å². The maximum absolute atomic E-state index is 14.2. The quantitative estimate of drug-likeness (QED) is 0.717. The van der Waals surface area contributed by atoms with Gasteiger partial charge in [-0.15, -0.1) is 0 Å². The molecule has 2 aromatic rings. The van der Waals surface area contributed by atoms with Crippen LogP contribution in [0.5, 0.6) is 0 Å². The van der Waals surface area contributed by atoms with E-state index in [9.17, 15) is 4.39 Å². The fourth-order valence-electron chi connectivity index (χ4n) is 2.53. The molecule has 0 bridgehead atoms. The predicted molar refractivity (Wildman–Crippen MR) is 96.1 cm³/mol. The Labute approximate surface area is 139 Å². The number of nitrogens with zero attached hydrogens (tertiary/aromatic N) is 1. The zero-order valence-electron chi connectivity index (χ0n) is 14.3.